The molecule has 0 spiro atoms. The predicted octanol–water partition coefficient (Wildman–Crippen LogP) is 2.79. The lowest BCUT2D eigenvalue weighted by Gasteiger charge is -1.97. The van der Waals surface area contributed by atoms with Crippen molar-refractivity contribution in [1.29, 1.82) is 0 Å². The number of hydrogen-bond acceptors (Lipinski definition) is 3. The molecular weight excluding hydrogens is 174 g/mol. The molecule has 0 fully saturated rings. The number of rotatable bonds is 1. The van der Waals surface area contributed by atoms with E-state index in [1.54, 1.807) is 12.4 Å². The van der Waals surface area contributed by atoms with Crippen LogP contribution in [0.15, 0.2) is 63.0 Å². The van der Waals surface area contributed by atoms with Gasteiger partial charge in [0.1, 0.15) is 11.4 Å². The smallest absolute Gasteiger partial charge is 0.115 e. The average molecular weight is 181 g/mol. The number of benzene rings is 1. The van der Waals surface area contributed by atoms with Crippen LogP contribution in [-0.4, -0.2) is 6.21 Å². The number of nitrogens with zero attached hydrogens (tertiary/aromatic N) is 3. The Labute approximate surface area is 81.2 Å². The topological polar surface area (TPSA) is 37.1 Å². The first-order valence-corrected chi connectivity index (χ1v) is 4.40. The normalized spacial score (nSPS) is 17.6. The van der Waals surface area contributed by atoms with E-state index in [9.17, 15) is 0 Å². The van der Waals surface area contributed by atoms with Crippen LogP contribution >= 0.6 is 0 Å². The SMILES string of the molecule is C1=NC=C2N=NC(c3ccccc3)=C12. The highest BCUT2D eigenvalue weighted by molar-refractivity contribution is 5.99. The lowest BCUT2D eigenvalue weighted by atomic mass is 10.1. The van der Waals surface area contributed by atoms with E-state index in [0.717, 1.165) is 22.5 Å². The van der Waals surface area contributed by atoms with Crippen molar-refractivity contribution in [2.45, 2.75) is 0 Å². The van der Waals surface area contributed by atoms with Gasteiger partial charge in [-0.2, -0.15) is 0 Å². The molecule has 1 aromatic carbocycles. The van der Waals surface area contributed by atoms with Crippen molar-refractivity contribution in [2.24, 2.45) is 15.2 Å². The highest BCUT2D eigenvalue weighted by Crippen LogP contribution is 2.33. The largest absolute Gasteiger partial charge is 0.262 e. The molecule has 14 heavy (non-hydrogen) atoms. The lowest BCUT2D eigenvalue weighted by Crippen LogP contribution is -1.85. The molecule has 3 heteroatoms. The van der Waals surface area contributed by atoms with E-state index in [0.29, 0.717) is 0 Å². The maximum Gasteiger partial charge on any atom is 0.115 e. The van der Waals surface area contributed by atoms with Gasteiger partial charge in [-0.15, -0.1) is 10.2 Å². The van der Waals surface area contributed by atoms with Gasteiger partial charge in [-0.1, -0.05) is 30.3 Å². The van der Waals surface area contributed by atoms with Gasteiger partial charge in [0.25, 0.3) is 0 Å². The third kappa shape index (κ3) is 0.956. The molecule has 66 valence electrons. The first kappa shape index (κ1) is 7.38. The summed E-state index contributed by atoms with van der Waals surface area (Å²) >= 11 is 0. The molecule has 3 rings (SSSR count). The van der Waals surface area contributed by atoms with Gasteiger partial charge in [0, 0.05) is 11.8 Å². The number of fused-ring (bicyclic) bond motifs is 1. The molecule has 0 saturated carbocycles. The molecule has 0 aromatic heterocycles. The molecule has 0 bridgehead atoms. The Hall–Kier alpha value is -2.03. The molecule has 2 aliphatic heterocycles. The van der Waals surface area contributed by atoms with Crippen LogP contribution in [0.3, 0.4) is 0 Å². The number of allylic oxidation sites excluding steroid dienone is 1. The Kier molecular flexibility index (Phi) is 1.44. The molecule has 0 aliphatic carbocycles. The predicted molar refractivity (Wildman–Crippen MR) is 54.8 cm³/mol. The molecule has 0 atom stereocenters. The van der Waals surface area contributed by atoms with Crippen LogP contribution in [0.1, 0.15) is 5.56 Å². The van der Waals surface area contributed by atoms with Crippen molar-refractivity contribution < 1.29 is 0 Å². The number of aliphatic imine (C=N–C) groups is 1. The van der Waals surface area contributed by atoms with Crippen LogP contribution in [0.2, 0.25) is 0 Å². The standard InChI is InChI=1S/C11H7N3/c1-2-4-8(5-3-1)11-9-6-12-7-10(9)13-14-11/h1-7H. The van der Waals surface area contributed by atoms with Gasteiger partial charge in [0.2, 0.25) is 0 Å². The Bertz CT molecular complexity index is 493. The van der Waals surface area contributed by atoms with E-state index >= 15 is 0 Å². The van der Waals surface area contributed by atoms with Gasteiger partial charge in [-0.05, 0) is 0 Å². The Balaban J connectivity index is 2.17. The Morgan fingerprint density at radius 2 is 1.79 bits per heavy atom. The fourth-order valence-electron chi connectivity index (χ4n) is 1.55. The van der Waals surface area contributed by atoms with Crippen molar-refractivity contribution in [1.82, 2.24) is 0 Å². The van der Waals surface area contributed by atoms with Crippen molar-refractivity contribution in [2.75, 3.05) is 0 Å². The third-order valence-electron chi connectivity index (χ3n) is 2.24. The summed E-state index contributed by atoms with van der Waals surface area (Å²) in [7, 11) is 0. The van der Waals surface area contributed by atoms with Crippen molar-refractivity contribution in [3.8, 4) is 0 Å². The Morgan fingerprint density at radius 3 is 2.64 bits per heavy atom. The van der Waals surface area contributed by atoms with Gasteiger partial charge in [0.05, 0.1) is 11.8 Å². The van der Waals surface area contributed by atoms with Gasteiger partial charge in [0.15, 0.2) is 0 Å². The minimum atomic E-state index is 0.865. The zero-order chi connectivity index (χ0) is 9.38. The first-order valence-electron chi connectivity index (χ1n) is 4.40. The molecule has 2 aliphatic rings. The fourth-order valence-corrected chi connectivity index (χ4v) is 1.55. The molecular formula is C11H7N3. The average Bonchev–Trinajstić information content (AvgIpc) is 2.79. The first-order chi connectivity index (χ1) is 6.95. The molecule has 2 heterocycles. The van der Waals surface area contributed by atoms with Gasteiger partial charge >= 0.3 is 0 Å². The minimum Gasteiger partial charge on any atom is -0.262 e. The van der Waals surface area contributed by atoms with Crippen molar-refractivity contribution >= 4 is 11.9 Å². The molecule has 3 nitrogen and oxygen atoms in total. The van der Waals surface area contributed by atoms with E-state index in [4.69, 9.17) is 0 Å². The summed E-state index contributed by atoms with van der Waals surface area (Å²) in [6.45, 7) is 0. The highest BCUT2D eigenvalue weighted by Gasteiger charge is 2.19. The fraction of sp³-hybridized carbons (Fsp3) is 0. The molecule has 0 unspecified atom stereocenters. The van der Waals surface area contributed by atoms with Crippen LogP contribution in [-0.2, 0) is 0 Å². The van der Waals surface area contributed by atoms with Crippen LogP contribution in [0.25, 0.3) is 5.70 Å². The second-order valence-electron chi connectivity index (χ2n) is 3.12. The zero-order valence-electron chi connectivity index (χ0n) is 7.38. The van der Waals surface area contributed by atoms with Crippen molar-refractivity contribution in [3.63, 3.8) is 0 Å². The number of azo groups is 1. The van der Waals surface area contributed by atoms with Crippen LogP contribution in [0.4, 0.5) is 0 Å². The highest BCUT2D eigenvalue weighted by atomic mass is 15.2. The van der Waals surface area contributed by atoms with E-state index in [2.05, 4.69) is 15.2 Å². The third-order valence-corrected chi connectivity index (χ3v) is 2.24. The van der Waals surface area contributed by atoms with E-state index in [1.807, 2.05) is 30.3 Å². The molecule has 0 saturated heterocycles. The maximum atomic E-state index is 4.14. The summed E-state index contributed by atoms with van der Waals surface area (Å²) in [6, 6.07) is 10.0. The summed E-state index contributed by atoms with van der Waals surface area (Å²) in [4.78, 5) is 4.04. The summed E-state index contributed by atoms with van der Waals surface area (Å²) in [6.07, 6.45) is 3.53. The maximum absolute atomic E-state index is 4.14. The molecule has 0 N–H and O–H groups in total. The van der Waals surface area contributed by atoms with Crippen LogP contribution in [0, 0.1) is 0 Å². The van der Waals surface area contributed by atoms with Gasteiger partial charge in [-0.3, -0.25) is 4.99 Å². The van der Waals surface area contributed by atoms with E-state index in [1.165, 1.54) is 0 Å². The second kappa shape index (κ2) is 2.73. The number of hydrogen-bond donors (Lipinski definition) is 0. The quantitative estimate of drug-likeness (QED) is 0.638. The minimum absolute atomic E-state index is 0.865. The molecule has 1 aromatic rings. The second-order valence-corrected chi connectivity index (χ2v) is 3.12. The van der Waals surface area contributed by atoms with Crippen LogP contribution in [0.5, 0.6) is 0 Å². The summed E-state index contributed by atoms with van der Waals surface area (Å²) < 4.78 is 0. The van der Waals surface area contributed by atoms with E-state index < -0.39 is 0 Å². The summed E-state index contributed by atoms with van der Waals surface area (Å²) in [5, 5.41) is 8.18. The van der Waals surface area contributed by atoms with Gasteiger partial charge in [-0.25, -0.2) is 0 Å². The Morgan fingerprint density at radius 1 is 0.929 bits per heavy atom. The molecule has 0 amide bonds. The molecule has 0 radical (unpaired) electrons. The van der Waals surface area contributed by atoms with Crippen molar-refractivity contribution in [3.05, 3.63) is 53.4 Å². The van der Waals surface area contributed by atoms with Gasteiger partial charge < -0.3 is 0 Å². The van der Waals surface area contributed by atoms with E-state index in [-0.39, 0.29) is 0 Å². The van der Waals surface area contributed by atoms with Crippen LogP contribution < -0.4 is 0 Å². The zero-order valence-corrected chi connectivity index (χ0v) is 7.38. The summed E-state index contributed by atoms with van der Waals surface area (Å²) in [5.41, 5.74) is 3.89. The summed E-state index contributed by atoms with van der Waals surface area (Å²) in [5.74, 6) is 0. The monoisotopic (exact) mass is 181 g/mol. The lowest BCUT2D eigenvalue weighted by molar-refractivity contribution is 1.23.